The smallest absolute Gasteiger partial charge is 0.225 e. The predicted octanol–water partition coefficient (Wildman–Crippen LogP) is 2.06. The highest BCUT2D eigenvalue weighted by atomic mass is 32.1. The number of rotatable bonds is 5. The normalized spacial score (nSPS) is 18.5. The minimum atomic E-state index is 0.0373. The number of piperazine rings is 1. The molecule has 2 aromatic rings. The highest BCUT2D eigenvalue weighted by Gasteiger charge is 2.25. The van der Waals surface area contributed by atoms with Crippen molar-refractivity contribution in [2.24, 2.45) is 0 Å². The second-order valence-electron chi connectivity index (χ2n) is 5.86. The van der Waals surface area contributed by atoms with Gasteiger partial charge in [0, 0.05) is 63.5 Å². The van der Waals surface area contributed by atoms with Gasteiger partial charge in [-0.3, -0.25) is 19.6 Å². The van der Waals surface area contributed by atoms with Crippen LogP contribution < -0.4 is 10.2 Å². The van der Waals surface area contributed by atoms with Crippen molar-refractivity contribution >= 4 is 22.4 Å². The van der Waals surface area contributed by atoms with Crippen LogP contribution in [-0.2, 0) is 11.3 Å². The van der Waals surface area contributed by atoms with Crippen molar-refractivity contribution < 1.29 is 4.79 Å². The third-order valence-corrected chi connectivity index (χ3v) is 5.19. The Morgan fingerprint density at radius 1 is 1.46 bits per heavy atom. The SMILES string of the molecule is CCN(C(C)=O)c1nc(CN2CCNCC2c2ccncc2)cs1. The molecule has 3 rings (SSSR count). The number of hydrogen-bond acceptors (Lipinski definition) is 6. The Labute approximate surface area is 146 Å². The first-order chi connectivity index (χ1) is 11.7. The third kappa shape index (κ3) is 3.80. The summed E-state index contributed by atoms with van der Waals surface area (Å²) < 4.78 is 0. The van der Waals surface area contributed by atoms with Crippen molar-refractivity contribution in [3.05, 3.63) is 41.2 Å². The average Bonchev–Trinajstić information content (AvgIpc) is 3.04. The van der Waals surface area contributed by atoms with E-state index in [1.165, 1.54) is 16.9 Å². The second kappa shape index (κ2) is 7.83. The number of hydrogen-bond donors (Lipinski definition) is 1. The van der Waals surface area contributed by atoms with Crippen LogP contribution in [-0.4, -0.2) is 47.0 Å². The van der Waals surface area contributed by atoms with Crippen molar-refractivity contribution in [3.63, 3.8) is 0 Å². The topological polar surface area (TPSA) is 61.4 Å². The Bertz CT molecular complexity index is 675. The summed E-state index contributed by atoms with van der Waals surface area (Å²) in [4.78, 5) is 24.6. The maximum absolute atomic E-state index is 11.7. The maximum Gasteiger partial charge on any atom is 0.225 e. The lowest BCUT2D eigenvalue weighted by molar-refractivity contribution is -0.116. The van der Waals surface area contributed by atoms with Crippen LogP contribution in [0.3, 0.4) is 0 Å². The Hall–Kier alpha value is -1.83. The van der Waals surface area contributed by atoms with Crippen molar-refractivity contribution in [2.45, 2.75) is 26.4 Å². The first kappa shape index (κ1) is 17.0. The highest BCUT2D eigenvalue weighted by Crippen LogP contribution is 2.26. The van der Waals surface area contributed by atoms with Gasteiger partial charge in [0.1, 0.15) is 0 Å². The summed E-state index contributed by atoms with van der Waals surface area (Å²) in [5, 5.41) is 6.31. The number of aromatic nitrogens is 2. The molecule has 0 aliphatic carbocycles. The van der Waals surface area contributed by atoms with Gasteiger partial charge in [-0.15, -0.1) is 11.3 Å². The molecule has 0 aromatic carbocycles. The molecule has 3 heterocycles. The van der Waals surface area contributed by atoms with E-state index in [-0.39, 0.29) is 5.91 Å². The summed E-state index contributed by atoms with van der Waals surface area (Å²) in [7, 11) is 0. The van der Waals surface area contributed by atoms with E-state index < -0.39 is 0 Å². The summed E-state index contributed by atoms with van der Waals surface area (Å²) in [6, 6.07) is 4.47. The van der Waals surface area contributed by atoms with Gasteiger partial charge in [0.2, 0.25) is 5.91 Å². The summed E-state index contributed by atoms with van der Waals surface area (Å²) in [6.07, 6.45) is 3.68. The van der Waals surface area contributed by atoms with Gasteiger partial charge in [0.05, 0.1) is 5.69 Å². The molecule has 7 heteroatoms. The van der Waals surface area contributed by atoms with Gasteiger partial charge >= 0.3 is 0 Å². The molecule has 1 aliphatic heterocycles. The molecular formula is C17H23N5OS. The number of amides is 1. The van der Waals surface area contributed by atoms with E-state index in [0.717, 1.165) is 37.0 Å². The zero-order chi connectivity index (χ0) is 16.9. The van der Waals surface area contributed by atoms with E-state index in [1.807, 2.05) is 19.3 Å². The molecule has 1 N–H and O–H groups in total. The first-order valence-electron chi connectivity index (χ1n) is 8.26. The van der Waals surface area contributed by atoms with Crippen LogP contribution in [0.15, 0.2) is 29.9 Å². The zero-order valence-corrected chi connectivity index (χ0v) is 14.9. The van der Waals surface area contributed by atoms with Gasteiger partial charge in [0.25, 0.3) is 0 Å². The van der Waals surface area contributed by atoms with Crippen molar-refractivity contribution in [2.75, 3.05) is 31.1 Å². The lowest BCUT2D eigenvalue weighted by atomic mass is 10.0. The number of carbonyl (C=O) groups is 1. The molecule has 128 valence electrons. The second-order valence-corrected chi connectivity index (χ2v) is 6.69. The minimum Gasteiger partial charge on any atom is -0.314 e. The Morgan fingerprint density at radius 2 is 2.25 bits per heavy atom. The molecule has 24 heavy (non-hydrogen) atoms. The molecule has 2 aromatic heterocycles. The Kier molecular flexibility index (Phi) is 5.55. The Balaban J connectivity index is 1.74. The quantitative estimate of drug-likeness (QED) is 0.899. The molecule has 0 radical (unpaired) electrons. The lowest BCUT2D eigenvalue weighted by Crippen LogP contribution is -2.45. The molecule has 1 amide bonds. The fraction of sp³-hybridized carbons (Fsp3) is 0.471. The highest BCUT2D eigenvalue weighted by molar-refractivity contribution is 7.14. The molecule has 0 saturated carbocycles. The van der Waals surface area contributed by atoms with E-state index in [2.05, 4.69) is 37.7 Å². The fourth-order valence-corrected chi connectivity index (χ4v) is 3.97. The Morgan fingerprint density at radius 3 is 2.96 bits per heavy atom. The van der Waals surface area contributed by atoms with Crippen LogP contribution in [0, 0.1) is 0 Å². The number of carbonyl (C=O) groups excluding carboxylic acids is 1. The van der Waals surface area contributed by atoms with Gasteiger partial charge in [-0.1, -0.05) is 0 Å². The number of anilines is 1. The number of nitrogens with one attached hydrogen (secondary N) is 1. The molecule has 1 atom stereocenters. The summed E-state index contributed by atoms with van der Waals surface area (Å²) in [5.41, 5.74) is 2.29. The number of pyridine rings is 1. The molecule has 1 saturated heterocycles. The molecule has 1 unspecified atom stereocenters. The number of nitrogens with zero attached hydrogens (tertiary/aromatic N) is 4. The van der Waals surface area contributed by atoms with E-state index in [1.54, 1.807) is 11.8 Å². The molecule has 0 spiro atoms. The average molecular weight is 345 g/mol. The van der Waals surface area contributed by atoms with Crippen LogP contribution >= 0.6 is 11.3 Å². The zero-order valence-electron chi connectivity index (χ0n) is 14.1. The van der Waals surface area contributed by atoms with Gasteiger partial charge < -0.3 is 5.32 Å². The lowest BCUT2D eigenvalue weighted by Gasteiger charge is -2.36. The van der Waals surface area contributed by atoms with E-state index in [4.69, 9.17) is 0 Å². The molecule has 6 nitrogen and oxygen atoms in total. The molecule has 1 fully saturated rings. The molecular weight excluding hydrogens is 322 g/mol. The molecule has 0 bridgehead atoms. The standard InChI is InChI=1S/C17H23N5OS/c1-3-22(13(2)23)17-20-15(12-24-17)11-21-9-8-19-10-16(21)14-4-6-18-7-5-14/h4-7,12,16,19H,3,8-11H2,1-2H3. The van der Waals surface area contributed by atoms with Crippen molar-refractivity contribution in [1.82, 2.24) is 20.2 Å². The minimum absolute atomic E-state index is 0.0373. The van der Waals surface area contributed by atoms with Crippen LogP contribution in [0.2, 0.25) is 0 Å². The van der Waals surface area contributed by atoms with Gasteiger partial charge in [-0.25, -0.2) is 4.98 Å². The maximum atomic E-state index is 11.7. The van der Waals surface area contributed by atoms with E-state index >= 15 is 0 Å². The summed E-state index contributed by atoms with van der Waals surface area (Å²) >= 11 is 1.54. The van der Waals surface area contributed by atoms with Crippen molar-refractivity contribution in [3.8, 4) is 0 Å². The van der Waals surface area contributed by atoms with E-state index in [0.29, 0.717) is 12.6 Å². The largest absolute Gasteiger partial charge is 0.314 e. The van der Waals surface area contributed by atoms with Gasteiger partial charge in [-0.05, 0) is 24.6 Å². The van der Waals surface area contributed by atoms with Gasteiger partial charge in [-0.2, -0.15) is 0 Å². The third-order valence-electron chi connectivity index (χ3n) is 4.28. The van der Waals surface area contributed by atoms with Crippen LogP contribution in [0.4, 0.5) is 5.13 Å². The van der Waals surface area contributed by atoms with Crippen LogP contribution in [0.5, 0.6) is 0 Å². The first-order valence-corrected chi connectivity index (χ1v) is 9.14. The summed E-state index contributed by atoms with van der Waals surface area (Å²) in [5.74, 6) is 0.0373. The predicted molar refractivity (Wildman–Crippen MR) is 96.1 cm³/mol. The number of thiazole rings is 1. The van der Waals surface area contributed by atoms with Crippen LogP contribution in [0.1, 0.15) is 31.1 Å². The van der Waals surface area contributed by atoms with Crippen molar-refractivity contribution in [1.29, 1.82) is 0 Å². The molecule has 1 aliphatic rings. The van der Waals surface area contributed by atoms with E-state index in [9.17, 15) is 4.79 Å². The summed E-state index contributed by atoms with van der Waals surface area (Å²) in [6.45, 7) is 7.88. The monoisotopic (exact) mass is 345 g/mol. The van der Waals surface area contributed by atoms with Gasteiger partial charge in [0.15, 0.2) is 5.13 Å². The van der Waals surface area contributed by atoms with Crippen LogP contribution in [0.25, 0.3) is 0 Å². The fourth-order valence-electron chi connectivity index (χ4n) is 3.04.